The van der Waals surface area contributed by atoms with Gasteiger partial charge in [-0.2, -0.15) is 8.78 Å². The number of hydrogen-bond donors (Lipinski definition) is 0. The lowest BCUT2D eigenvalue weighted by Gasteiger charge is -2.04. The van der Waals surface area contributed by atoms with Crippen molar-refractivity contribution >= 4 is 9.84 Å². The normalized spacial score (nSPS) is 13.0. The predicted molar refractivity (Wildman–Crippen MR) is 34.6 cm³/mol. The van der Waals surface area contributed by atoms with Crippen LogP contribution < -0.4 is 0 Å². The fourth-order valence-electron chi connectivity index (χ4n) is 0.537. The van der Waals surface area contributed by atoms with Gasteiger partial charge in [-0.15, -0.1) is 0 Å². The average Bonchev–Trinajstić information content (AvgIpc) is 1.60. The molecule has 0 bridgehead atoms. The highest BCUT2D eigenvalue weighted by molar-refractivity contribution is 7.91. The molecule has 10 heavy (non-hydrogen) atoms. The molecule has 62 valence electrons. The first-order chi connectivity index (χ1) is 4.36. The molecule has 0 fully saturated rings. The molecule has 0 saturated heterocycles. The van der Waals surface area contributed by atoms with Crippen LogP contribution in [0.15, 0.2) is 0 Å². The maximum Gasteiger partial charge on any atom is 0.336 e. The molecular weight excluding hydrogens is 162 g/mol. The Labute approximate surface area is 59.2 Å². The Morgan fingerprint density at radius 1 is 1.30 bits per heavy atom. The summed E-state index contributed by atoms with van der Waals surface area (Å²) in [4.78, 5) is 0. The van der Waals surface area contributed by atoms with Gasteiger partial charge in [0.2, 0.25) is 9.84 Å². The molecule has 0 atom stereocenters. The predicted octanol–water partition coefficient (Wildman–Crippen LogP) is 1.28. The van der Waals surface area contributed by atoms with Crippen molar-refractivity contribution in [3.8, 4) is 0 Å². The summed E-state index contributed by atoms with van der Waals surface area (Å²) < 4.78 is 44.0. The molecule has 0 aromatic rings. The van der Waals surface area contributed by atoms with E-state index < -0.39 is 21.3 Å². The van der Waals surface area contributed by atoms with Crippen molar-refractivity contribution in [2.45, 2.75) is 19.6 Å². The van der Waals surface area contributed by atoms with Crippen molar-refractivity contribution in [3.63, 3.8) is 0 Å². The molecular formula is C5H10F2O2S. The van der Waals surface area contributed by atoms with Crippen LogP contribution in [0.25, 0.3) is 0 Å². The van der Waals surface area contributed by atoms with Crippen molar-refractivity contribution < 1.29 is 17.2 Å². The number of alkyl halides is 2. The van der Waals surface area contributed by atoms with Crippen molar-refractivity contribution in [1.29, 1.82) is 0 Å². The minimum absolute atomic E-state index is 0.237. The quantitative estimate of drug-likeness (QED) is 0.642. The molecule has 0 aliphatic rings. The van der Waals surface area contributed by atoms with Crippen LogP contribution in [-0.4, -0.2) is 19.9 Å². The van der Waals surface area contributed by atoms with Crippen LogP contribution in [0, 0.1) is 5.92 Å². The first-order valence-corrected chi connectivity index (χ1v) is 4.57. The maximum absolute atomic E-state index is 11.6. The van der Waals surface area contributed by atoms with Crippen LogP contribution in [0.1, 0.15) is 13.8 Å². The van der Waals surface area contributed by atoms with Crippen LogP contribution in [0.2, 0.25) is 0 Å². The lowest BCUT2D eigenvalue weighted by atomic mass is 10.3. The van der Waals surface area contributed by atoms with Gasteiger partial charge in [0.1, 0.15) is 0 Å². The summed E-state index contributed by atoms with van der Waals surface area (Å²) in [5, 5.41) is 0. The monoisotopic (exact) mass is 172 g/mol. The number of rotatable bonds is 3. The summed E-state index contributed by atoms with van der Waals surface area (Å²) in [7, 11) is -4.13. The Morgan fingerprint density at radius 2 is 1.70 bits per heavy atom. The van der Waals surface area contributed by atoms with Gasteiger partial charge < -0.3 is 0 Å². The second-order valence-corrected chi connectivity index (χ2v) is 4.50. The largest absolute Gasteiger partial charge is 0.336 e. The van der Waals surface area contributed by atoms with E-state index in [0.717, 1.165) is 0 Å². The summed E-state index contributed by atoms with van der Waals surface area (Å²) in [6, 6.07) is 0. The van der Waals surface area contributed by atoms with E-state index in [4.69, 9.17) is 0 Å². The molecule has 0 heterocycles. The van der Waals surface area contributed by atoms with E-state index in [1.807, 2.05) is 0 Å². The van der Waals surface area contributed by atoms with Gasteiger partial charge in [0.25, 0.3) is 0 Å². The van der Waals surface area contributed by atoms with Gasteiger partial charge in [-0.1, -0.05) is 13.8 Å². The minimum Gasteiger partial charge on any atom is -0.223 e. The molecule has 0 aliphatic carbocycles. The van der Waals surface area contributed by atoms with Crippen molar-refractivity contribution in [2.24, 2.45) is 5.92 Å². The van der Waals surface area contributed by atoms with E-state index in [0.29, 0.717) is 0 Å². The maximum atomic E-state index is 11.6. The third kappa shape index (κ3) is 3.10. The fourth-order valence-corrected chi connectivity index (χ4v) is 1.61. The van der Waals surface area contributed by atoms with Gasteiger partial charge in [0, 0.05) is 0 Å². The second kappa shape index (κ2) is 3.27. The third-order valence-electron chi connectivity index (χ3n) is 0.837. The van der Waals surface area contributed by atoms with Gasteiger partial charge in [-0.3, -0.25) is 0 Å². The van der Waals surface area contributed by atoms with Gasteiger partial charge >= 0.3 is 5.76 Å². The molecule has 0 saturated carbocycles. The number of sulfone groups is 1. The van der Waals surface area contributed by atoms with Crippen LogP contribution >= 0.6 is 0 Å². The van der Waals surface area contributed by atoms with Crippen LogP contribution in [0.4, 0.5) is 8.78 Å². The van der Waals surface area contributed by atoms with E-state index >= 15 is 0 Å². The Balaban J connectivity index is 4.16. The zero-order chi connectivity index (χ0) is 8.36. The van der Waals surface area contributed by atoms with Gasteiger partial charge in [-0.25, -0.2) is 8.42 Å². The molecule has 0 amide bonds. The molecule has 0 N–H and O–H groups in total. The topological polar surface area (TPSA) is 34.1 Å². The summed E-state index contributed by atoms with van der Waals surface area (Å²) >= 11 is 0. The van der Waals surface area contributed by atoms with E-state index in [1.54, 1.807) is 13.8 Å². The molecule has 0 spiro atoms. The van der Waals surface area contributed by atoms with E-state index in [9.17, 15) is 17.2 Å². The summed E-state index contributed by atoms with van der Waals surface area (Å²) in [6.07, 6.45) is 0. The standard InChI is InChI=1S/C5H10F2O2S/c1-4(2)3-10(8,9)5(6)7/h4-5H,3H2,1-2H3. The second-order valence-electron chi connectivity index (χ2n) is 2.48. The highest BCUT2D eigenvalue weighted by Crippen LogP contribution is 2.09. The SMILES string of the molecule is CC(C)CS(=O)(=O)C(F)F. The summed E-state index contributed by atoms with van der Waals surface area (Å²) in [5.74, 6) is -3.90. The molecule has 0 aromatic heterocycles. The first kappa shape index (κ1) is 9.81. The van der Waals surface area contributed by atoms with Crippen LogP contribution in [-0.2, 0) is 9.84 Å². The Bertz CT molecular complexity index is 184. The molecule has 0 aliphatic heterocycles. The van der Waals surface area contributed by atoms with Crippen LogP contribution in [0.5, 0.6) is 0 Å². The van der Waals surface area contributed by atoms with Crippen molar-refractivity contribution in [1.82, 2.24) is 0 Å². The van der Waals surface area contributed by atoms with E-state index in [1.165, 1.54) is 0 Å². The van der Waals surface area contributed by atoms with Gasteiger partial charge in [0.15, 0.2) is 0 Å². The highest BCUT2D eigenvalue weighted by Gasteiger charge is 2.24. The molecule has 5 heteroatoms. The molecule has 0 aromatic carbocycles. The lowest BCUT2D eigenvalue weighted by molar-refractivity contribution is 0.234. The highest BCUT2D eigenvalue weighted by atomic mass is 32.2. The Morgan fingerprint density at radius 3 is 1.80 bits per heavy atom. The van der Waals surface area contributed by atoms with Gasteiger partial charge in [-0.05, 0) is 5.92 Å². The number of halogens is 2. The summed E-state index contributed by atoms with van der Waals surface area (Å²) in [5.41, 5.74) is 0. The smallest absolute Gasteiger partial charge is 0.223 e. The van der Waals surface area contributed by atoms with E-state index in [2.05, 4.69) is 0 Å². The van der Waals surface area contributed by atoms with E-state index in [-0.39, 0.29) is 5.92 Å². The van der Waals surface area contributed by atoms with Crippen LogP contribution in [0.3, 0.4) is 0 Å². The third-order valence-corrected chi connectivity index (χ3v) is 2.51. The zero-order valence-corrected chi connectivity index (χ0v) is 6.66. The number of hydrogen-bond acceptors (Lipinski definition) is 2. The molecule has 0 radical (unpaired) electrons. The molecule has 0 unspecified atom stereocenters. The lowest BCUT2D eigenvalue weighted by Crippen LogP contribution is -2.18. The van der Waals surface area contributed by atoms with Gasteiger partial charge in [0.05, 0.1) is 5.75 Å². The average molecular weight is 172 g/mol. The summed E-state index contributed by atoms with van der Waals surface area (Å²) in [6.45, 7) is 3.17. The minimum atomic E-state index is -4.13. The Kier molecular flexibility index (Phi) is 3.21. The Hall–Kier alpha value is -0.190. The molecule has 0 rings (SSSR count). The van der Waals surface area contributed by atoms with Crippen molar-refractivity contribution in [2.75, 3.05) is 5.75 Å². The fraction of sp³-hybridized carbons (Fsp3) is 1.00. The van der Waals surface area contributed by atoms with Crippen molar-refractivity contribution in [3.05, 3.63) is 0 Å². The first-order valence-electron chi connectivity index (χ1n) is 2.86. The zero-order valence-electron chi connectivity index (χ0n) is 5.84. The molecule has 2 nitrogen and oxygen atoms in total.